The molecule has 3 amide bonds. The first-order valence-corrected chi connectivity index (χ1v) is 3.22. The summed E-state index contributed by atoms with van der Waals surface area (Å²) in [6, 6.07) is -0.935. The molecule has 0 saturated heterocycles. The fourth-order valence-electron chi connectivity index (χ4n) is 0.803. The third kappa shape index (κ3) is 1.31. The Labute approximate surface area is 62.9 Å². The normalized spacial score (nSPS) is 34.5. The predicted molar refractivity (Wildman–Crippen MR) is 35.3 cm³/mol. The molecule has 1 aliphatic rings. The molecule has 0 aromatic rings. The van der Waals surface area contributed by atoms with Crippen molar-refractivity contribution in [2.75, 3.05) is 0 Å². The topological polar surface area (TPSA) is 72.2 Å². The van der Waals surface area contributed by atoms with Crippen LogP contribution in [0.4, 0.5) is 9.18 Å². The van der Waals surface area contributed by atoms with Gasteiger partial charge in [0.2, 0.25) is 5.91 Å². The lowest BCUT2D eigenvalue weighted by atomic mass is 10.1. The molecule has 11 heavy (non-hydrogen) atoms. The van der Waals surface area contributed by atoms with Crippen LogP contribution in [0, 0.1) is 5.41 Å². The molecule has 0 aliphatic heterocycles. The third-order valence-electron chi connectivity index (χ3n) is 1.89. The number of hydrogen-bond donors (Lipinski definition) is 2. The van der Waals surface area contributed by atoms with E-state index in [9.17, 15) is 14.0 Å². The summed E-state index contributed by atoms with van der Waals surface area (Å²) in [5.74, 6) is -0.627. The zero-order valence-electron chi connectivity index (χ0n) is 6.06. The van der Waals surface area contributed by atoms with E-state index in [1.165, 1.54) is 6.92 Å². The molecular weight excluding hydrogens is 151 g/mol. The summed E-state index contributed by atoms with van der Waals surface area (Å²) in [5, 5.41) is 1.84. The number of halogens is 1. The van der Waals surface area contributed by atoms with Gasteiger partial charge in [0.15, 0.2) is 0 Å². The number of nitrogens with one attached hydrogen (secondary N) is 1. The Morgan fingerprint density at radius 1 is 1.73 bits per heavy atom. The molecule has 4 nitrogen and oxygen atoms in total. The van der Waals surface area contributed by atoms with Crippen molar-refractivity contribution >= 4 is 11.9 Å². The Morgan fingerprint density at radius 3 is 2.45 bits per heavy atom. The van der Waals surface area contributed by atoms with Crippen LogP contribution in [0.2, 0.25) is 0 Å². The number of nitrogens with two attached hydrogens (primary N) is 1. The number of rotatable bonds is 1. The van der Waals surface area contributed by atoms with Crippen molar-refractivity contribution < 1.29 is 14.0 Å². The minimum absolute atomic E-state index is 0.173. The smallest absolute Gasteiger partial charge is 0.318 e. The predicted octanol–water partition coefficient (Wildman–Crippen LogP) is -0.0706. The van der Waals surface area contributed by atoms with E-state index in [0.29, 0.717) is 0 Å². The highest BCUT2D eigenvalue weighted by Crippen LogP contribution is 2.48. The minimum Gasteiger partial charge on any atom is -0.351 e. The summed E-state index contributed by atoms with van der Waals surface area (Å²) in [5.41, 5.74) is 3.65. The molecule has 0 aromatic heterocycles. The van der Waals surface area contributed by atoms with Crippen molar-refractivity contribution in [1.29, 1.82) is 0 Å². The molecule has 0 aromatic carbocycles. The first kappa shape index (κ1) is 7.97. The Kier molecular flexibility index (Phi) is 1.58. The van der Waals surface area contributed by atoms with Crippen molar-refractivity contribution in [2.24, 2.45) is 11.1 Å². The second kappa shape index (κ2) is 2.18. The molecule has 2 atom stereocenters. The van der Waals surface area contributed by atoms with Crippen LogP contribution in [0.1, 0.15) is 13.3 Å². The molecular formula is C6H9FN2O2. The zero-order valence-corrected chi connectivity index (χ0v) is 6.06. The van der Waals surface area contributed by atoms with E-state index in [4.69, 9.17) is 0 Å². The number of hydrogen-bond acceptors (Lipinski definition) is 2. The molecule has 1 fully saturated rings. The molecule has 62 valence electrons. The van der Waals surface area contributed by atoms with Gasteiger partial charge in [-0.3, -0.25) is 10.1 Å². The molecule has 1 aliphatic carbocycles. The van der Waals surface area contributed by atoms with Crippen LogP contribution >= 0.6 is 0 Å². The van der Waals surface area contributed by atoms with Gasteiger partial charge in [0, 0.05) is 0 Å². The Balaban J connectivity index is 2.50. The van der Waals surface area contributed by atoms with E-state index in [1.807, 2.05) is 5.32 Å². The van der Waals surface area contributed by atoms with Gasteiger partial charge in [0.1, 0.15) is 6.17 Å². The van der Waals surface area contributed by atoms with E-state index in [2.05, 4.69) is 5.73 Å². The summed E-state index contributed by atoms with van der Waals surface area (Å²) in [4.78, 5) is 21.1. The van der Waals surface area contributed by atoms with Crippen molar-refractivity contribution in [1.82, 2.24) is 5.32 Å². The fourth-order valence-corrected chi connectivity index (χ4v) is 0.803. The van der Waals surface area contributed by atoms with E-state index < -0.39 is 23.5 Å². The molecule has 0 bridgehead atoms. The van der Waals surface area contributed by atoms with Crippen LogP contribution in [0.3, 0.4) is 0 Å². The third-order valence-corrected chi connectivity index (χ3v) is 1.89. The minimum atomic E-state index is -1.14. The van der Waals surface area contributed by atoms with Crippen LogP contribution in [0.5, 0.6) is 0 Å². The number of imide groups is 1. The van der Waals surface area contributed by atoms with Crippen molar-refractivity contribution in [3.8, 4) is 0 Å². The Morgan fingerprint density at radius 2 is 2.18 bits per heavy atom. The molecule has 1 rings (SSSR count). The number of alkyl halides is 1. The van der Waals surface area contributed by atoms with Crippen molar-refractivity contribution in [2.45, 2.75) is 19.5 Å². The standard InChI is InChI=1S/C6H9FN2O2/c1-6(2-3(6)7)4(10)9-5(8)11/h3H,2H2,1H3,(H3,8,9,10,11). The van der Waals surface area contributed by atoms with Gasteiger partial charge in [0.25, 0.3) is 0 Å². The lowest BCUT2D eigenvalue weighted by Gasteiger charge is -2.05. The van der Waals surface area contributed by atoms with Crippen molar-refractivity contribution in [3.05, 3.63) is 0 Å². The van der Waals surface area contributed by atoms with E-state index in [0.717, 1.165) is 0 Å². The highest BCUT2D eigenvalue weighted by Gasteiger charge is 2.57. The molecule has 0 heterocycles. The van der Waals surface area contributed by atoms with E-state index in [1.54, 1.807) is 0 Å². The summed E-state index contributed by atoms with van der Waals surface area (Å²) < 4.78 is 12.4. The first-order chi connectivity index (χ1) is 4.97. The summed E-state index contributed by atoms with van der Waals surface area (Å²) in [6.07, 6.45) is -0.964. The molecule has 5 heteroatoms. The Hall–Kier alpha value is -1.13. The van der Waals surface area contributed by atoms with Gasteiger partial charge in [-0.15, -0.1) is 0 Å². The Bertz CT molecular complexity index is 219. The molecule has 1 saturated carbocycles. The maximum absolute atomic E-state index is 12.4. The van der Waals surface area contributed by atoms with Crippen LogP contribution < -0.4 is 11.1 Å². The fraction of sp³-hybridized carbons (Fsp3) is 0.667. The maximum Gasteiger partial charge on any atom is 0.318 e. The highest BCUT2D eigenvalue weighted by molar-refractivity contribution is 5.98. The number of carbonyl (C=O) groups excluding carboxylic acids is 2. The van der Waals surface area contributed by atoms with E-state index >= 15 is 0 Å². The SMILES string of the molecule is CC1(C(=O)NC(N)=O)CC1F. The summed E-state index contributed by atoms with van der Waals surface area (Å²) in [6.45, 7) is 1.45. The van der Waals surface area contributed by atoms with Gasteiger partial charge in [-0.2, -0.15) is 0 Å². The lowest BCUT2D eigenvalue weighted by molar-refractivity contribution is -0.125. The molecule has 0 radical (unpaired) electrons. The summed E-state index contributed by atoms with van der Waals surface area (Å²) in [7, 11) is 0. The monoisotopic (exact) mass is 160 g/mol. The van der Waals surface area contributed by atoms with Gasteiger partial charge >= 0.3 is 6.03 Å². The van der Waals surface area contributed by atoms with Gasteiger partial charge < -0.3 is 5.73 Å². The second-order valence-electron chi connectivity index (χ2n) is 2.91. The van der Waals surface area contributed by atoms with Gasteiger partial charge in [0.05, 0.1) is 5.41 Å². The zero-order chi connectivity index (χ0) is 8.65. The quantitative estimate of drug-likeness (QED) is 0.563. The average Bonchev–Trinajstić information content (AvgIpc) is 2.40. The maximum atomic E-state index is 12.4. The number of carbonyl (C=O) groups is 2. The van der Waals surface area contributed by atoms with E-state index in [-0.39, 0.29) is 6.42 Å². The lowest BCUT2D eigenvalue weighted by Crippen LogP contribution is -2.39. The summed E-state index contributed by atoms with van der Waals surface area (Å²) >= 11 is 0. The number of urea groups is 1. The first-order valence-electron chi connectivity index (χ1n) is 3.22. The van der Waals surface area contributed by atoms with Crippen LogP contribution in [-0.2, 0) is 4.79 Å². The van der Waals surface area contributed by atoms with Crippen LogP contribution in [-0.4, -0.2) is 18.1 Å². The number of amides is 3. The molecule has 2 unspecified atom stereocenters. The van der Waals surface area contributed by atoms with Gasteiger partial charge in [-0.1, -0.05) is 0 Å². The van der Waals surface area contributed by atoms with Crippen molar-refractivity contribution in [3.63, 3.8) is 0 Å². The molecule has 0 spiro atoms. The number of primary amides is 1. The average molecular weight is 160 g/mol. The second-order valence-corrected chi connectivity index (χ2v) is 2.91. The molecule has 3 N–H and O–H groups in total. The van der Waals surface area contributed by atoms with Gasteiger partial charge in [-0.25, -0.2) is 9.18 Å². The van der Waals surface area contributed by atoms with Crippen LogP contribution in [0.15, 0.2) is 0 Å². The largest absolute Gasteiger partial charge is 0.351 e. The van der Waals surface area contributed by atoms with Crippen LogP contribution in [0.25, 0.3) is 0 Å². The highest BCUT2D eigenvalue weighted by atomic mass is 19.1. The van der Waals surface area contributed by atoms with Gasteiger partial charge in [-0.05, 0) is 13.3 Å².